The smallest absolute Gasteiger partial charge is 0.124 e. The maximum absolute atomic E-state index is 9.51. The first-order valence-electron chi connectivity index (χ1n) is 4.43. The molecule has 0 aromatic heterocycles. The summed E-state index contributed by atoms with van der Waals surface area (Å²) < 4.78 is 0. The van der Waals surface area contributed by atoms with Gasteiger partial charge in [0.2, 0.25) is 0 Å². The lowest BCUT2D eigenvalue weighted by Crippen LogP contribution is -1.93. The zero-order chi connectivity index (χ0) is 9.84. The molecular weight excluding hydrogens is 162 g/mol. The number of aromatic hydroxyl groups is 1. The minimum Gasteiger partial charge on any atom is -0.507 e. The molecule has 13 heavy (non-hydrogen) atoms. The maximum atomic E-state index is 9.51. The molecule has 0 spiro atoms. The summed E-state index contributed by atoms with van der Waals surface area (Å²) in [5, 5.41) is 9.51. The van der Waals surface area contributed by atoms with Crippen LogP contribution in [0.2, 0.25) is 0 Å². The molecule has 1 N–H and O–H groups in total. The van der Waals surface area contributed by atoms with Crippen molar-refractivity contribution < 1.29 is 5.11 Å². The molecule has 0 saturated carbocycles. The number of phenols is 1. The summed E-state index contributed by atoms with van der Waals surface area (Å²) >= 11 is 0. The van der Waals surface area contributed by atoms with Crippen molar-refractivity contribution in [1.29, 1.82) is 0 Å². The van der Waals surface area contributed by atoms with Gasteiger partial charge in [-0.25, -0.2) is 0 Å². The minimum atomic E-state index is 0.263. The van der Waals surface area contributed by atoms with Gasteiger partial charge >= 0.3 is 0 Å². The van der Waals surface area contributed by atoms with Crippen molar-refractivity contribution in [2.24, 2.45) is 4.99 Å². The molecule has 0 unspecified atom stereocenters. The Hall–Kier alpha value is -1.31. The lowest BCUT2D eigenvalue weighted by molar-refractivity contribution is 0.474. The number of rotatable bonds is 2. The van der Waals surface area contributed by atoms with Gasteiger partial charge in [0, 0.05) is 17.8 Å². The van der Waals surface area contributed by atoms with Gasteiger partial charge in [-0.05, 0) is 32.4 Å². The van der Waals surface area contributed by atoms with Crippen LogP contribution >= 0.6 is 0 Å². The number of hydrogen-bond donors (Lipinski definition) is 1. The van der Waals surface area contributed by atoms with E-state index in [2.05, 4.69) is 4.99 Å². The van der Waals surface area contributed by atoms with Crippen molar-refractivity contribution in [3.05, 3.63) is 29.3 Å². The summed E-state index contributed by atoms with van der Waals surface area (Å²) in [6.45, 7) is 5.97. The number of aryl methyl sites for hydroxylation is 1. The molecule has 0 amide bonds. The van der Waals surface area contributed by atoms with E-state index in [-0.39, 0.29) is 6.04 Å². The van der Waals surface area contributed by atoms with E-state index in [0.717, 1.165) is 11.1 Å². The lowest BCUT2D eigenvalue weighted by atomic mass is 10.1. The van der Waals surface area contributed by atoms with Gasteiger partial charge in [0.05, 0.1) is 0 Å². The van der Waals surface area contributed by atoms with Gasteiger partial charge in [0.15, 0.2) is 0 Å². The van der Waals surface area contributed by atoms with Crippen LogP contribution < -0.4 is 0 Å². The molecule has 0 heterocycles. The van der Waals surface area contributed by atoms with E-state index in [1.54, 1.807) is 12.3 Å². The van der Waals surface area contributed by atoms with E-state index < -0.39 is 0 Å². The highest BCUT2D eigenvalue weighted by Gasteiger charge is 2.00. The first-order valence-corrected chi connectivity index (χ1v) is 4.43. The Labute approximate surface area is 78.9 Å². The average Bonchev–Trinajstić information content (AvgIpc) is 2.03. The third kappa shape index (κ3) is 2.58. The molecule has 70 valence electrons. The van der Waals surface area contributed by atoms with Crippen LogP contribution in [0.4, 0.5) is 0 Å². The minimum absolute atomic E-state index is 0.263. The fourth-order valence-electron chi connectivity index (χ4n) is 1.06. The van der Waals surface area contributed by atoms with Crippen molar-refractivity contribution in [1.82, 2.24) is 0 Å². The van der Waals surface area contributed by atoms with Gasteiger partial charge in [-0.1, -0.05) is 12.1 Å². The van der Waals surface area contributed by atoms with Crippen molar-refractivity contribution in [3.8, 4) is 5.75 Å². The predicted molar refractivity (Wildman–Crippen MR) is 55.6 cm³/mol. The molecule has 0 aliphatic carbocycles. The molecule has 0 aliphatic rings. The summed E-state index contributed by atoms with van der Waals surface area (Å²) in [6, 6.07) is 5.73. The summed E-state index contributed by atoms with van der Waals surface area (Å²) in [7, 11) is 0. The Morgan fingerprint density at radius 1 is 1.38 bits per heavy atom. The third-order valence-corrected chi connectivity index (χ3v) is 1.80. The third-order valence-electron chi connectivity index (χ3n) is 1.80. The standard InChI is InChI=1S/C11H15NO/c1-8(2)12-7-10-9(3)5-4-6-11(10)13/h4-8,13H,1-3H3. The summed E-state index contributed by atoms with van der Waals surface area (Å²) in [5.74, 6) is 0.296. The lowest BCUT2D eigenvalue weighted by Gasteiger charge is -2.02. The fraction of sp³-hybridized carbons (Fsp3) is 0.364. The number of nitrogens with zero attached hydrogens (tertiary/aromatic N) is 1. The van der Waals surface area contributed by atoms with E-state index >= 15 is 0 Å². The number of phenolic OH excluding ortho intramolecular Hbond substituents is 1. The van der Waals surface area contributed by atoms with Crippen LogP contribution in [-0.4, -0.2) is 17.4 Å². The Morgan fingerprint density at radius 3 is 2.62 bits per heavy atom. The van der Waals surface area contributed by atoms with E-state index in [4.69, 9.17) is 0 Å². The number of aliphatic imine (C=N–C) groups is 1. The largest absolute Gasteiger partial charge is 0.507 e. The average molecular weight is 177 g/mol. The summed E-state index contributed by atoms with van der Waals surface area (Å²) in [5.41, 5.74) is 1.86. The Morgan fingerprint density at radius 2 is 2.08 bits per heavy atom. The molecular formula is C11H15NO. The molecule has 2 nitrogen and oxygen atoms in total. The van der Waals surface area contributed by atoms with Crippen LogP contribution in [-0.2, 0) is 0 Å². The van der Waals surface area contributed by atoms with Gasteiger partial charge in [-0.2, -0.15) is 0 Å². The van der Waals surface area contributed by atoms with E-state index in [9.17, 15) is 5.11 Å². The highest BCUT2D eigenvalue weighted by molar-refractivity contribution is 5.85. The molecule has 1 rings (SSSR count). The first kappa shape index (κ1) is 9.78. The van der Waals surface area contributed by atoms with Crippen LogP contribution in [0.5, 0.6) is 5.75 Å². The van der Waals surface area contributed by atoms with Gasteiger partial charge in [0.1, 0.15) is 5.75 Å². The van der Waals surface area contributed by atoms with Gasteiger partial charge in [0.25, 0.3) is 0 Å². The molecule has 0 aliphatic heterocycles. The van der Waals surface area contributed by atoms with Crippen molar-refractivity contribution in [3.63, 3.8) is 0 Å². The van der Waals surface area contributed by atoms with E-state index in [0.29, 0.717) is 5.75 Å². The topological polar surface area (TPSA) is 32.6 Å². The molecule has 0 radical (unpaired) electrons. The second-order valence-electron chi connectivity index (χ2n) is 3.38. The Kier molecular flexibility index (Phi) is 3.07. The Balaban J connectivity index is 3.00. The molecule has 0 saturated heterocycles. The second-order valence-corrected chi connectivity index (χ2v) is 3.38. The van der Waals surface area contributed by atoms with Crippen LogP contribution in [0, 0.1) is 6.92 Å². The molecule has 2 heteroatoms. The van der Waals surface area contributed by atoms with Crippen LogP contribution in [0.3, 0.4) is 0 Å². The molecule has 1 aromatic rings. The van der Waals surface area contributed by atoms with Crippen molar-refractivity contribution >= 4 is 6.21 Å². The molecule has 1 aromatic carbocycles. The monoisotopic (exact) mass is 177 g/mol. The van der Waals surface area contributed by atoms with E-state index in [1.165, 1.54) is 0 Å². The van der Waals surface area contributed by atoms with E-state index in [1.807, 2.05) is 32.9 Å². The normalized spacial score (nSPS) is 11.4. The van der Waals surface area contributed by atoms with Gasteiger partial charge in [-0.3, -0.25) is 4.99 Å². The zero-order valence-corrected chi connectivity index (χ0v) is 8.28. The fourth-order valence-corrected chi connectivity index (χ4v) is 1.06. The summed E-state index contributed by atoms with van der Waals surface area (Å²) in [6.07, 6.45) is 1.73. The van der Waals surface area contributed by atoms with Crippen LogP contribution in [0.25, 0.3) is 0 Å². The first-order chi connectivity index (χ1) is 6.11. The Bertz CT molecular complexity index is 296. The van der Waals surface area contributed by atoms with Gasteiger partial charge < -0.3 is 5.11 Å². The molecule has 0 fully saturated rings. The molecule has 0 bridgehead atoms. The maximum Gasteiger partial charge on any atom is 0.124 e. The van der Waals surface area contributed by atoms with Crippen LogP contribution in [0.15, 0.2) is 23.2 Å². The second kappa shape index (κ2) is 4.08. The van der Waals surface area contributed by atoms with Gasteiger partial charge in [-0.15, -0.1) is 0 Å². The number of hydrogen-bond acceptors (Lipinski definition) is 2. The van der Waals surface area contributed by atoms with Crippen LogP contribution in [0.1, 0.15) is 25.0 Å². The molecule has 0 atom stereocenters. The van der Waals surface area contributed by atoms with Crippen molar-refractivity contribution in [2.45, 2.75) is 26.8 Å². The quantitative estimate of drug-likeness (QED) is 0.692. The SMILES string of the molecule is Cc1cccc(O)c1C=NC(C)C. The number of benzene rings is 1. The zero-order valence-electron chi connectivity index (χ0n) is 8.28. The highest BCUT2D eigenvalue weighted by atomic mass is 16.3. The van der Waals surface area contributed by atoms with Crippen molar-refractivity contribution in [2.75, 3.05) is 0 Å². The highest BCUT2D eigenvalue weighted by Crippen LogP contribution is 2.17. The predicted octanol–water partition coefficient (Wildman–Crippen LogP) is 2.53. The summed E-state index contributed by atoms with van der Waals surface area (Å²) in [4.78, 5) is 4.23.